The van der Waals surface area contributed by atoms with Crippen LogP contribution < -0.4 is 0 Å². The van der Waals surface area contributed by atoms with Crippen molar-refractivity contribution < 1.29 is 9.84 Å². The van der Waals surface area contributed by atoms with Gasteiger partial charge < -0.3 is 9.84 Å². The van der Waals surface area contributed by atoms with Gasteiger partial charge in [0, 0.05) is 13.0 Å². The summed E-state index contributed by atoms with van der Waals surface area (Å²) in [4.78, 5) is 0. The van der Waals surface area contributed by atoms with Gasteiger partial charge in [0.1, 0.15) is 0 Å². The SMILES string of the molecule is CCCCC1(CC(C)C)CC(O)CCO1. The summed E-state index contributed by atoms with van der Waals surface area (Å²) in [6, 6.07) is 0. The Morgan fingerprint density at radius 1 is 1.47 bits per heavy atom. The molecule has 1 rings (SSSR count). The van der Waals surface area contributed by atoms with Gasteiger partial charge in [0.2, 0.25) is 0 Å². The minimum absolute atomic E-state index is 0.0259. The van der Waals surface area contributed by atoms with E-state index in [1.54, 1.807) is 0 Å². The second-order valence-electron chi connectivity index (χ2n) is 5.38. The van der Waals surface area contributed by atoms with Crippen LogP contribution in [0.3, 0.4) is 0 Å². The number of hydrogen-bond acceptors (Lipinski definition) is 2. The number of ether oxygens (including phenoxy) is 1. The lowest BCUT2D eigenvalue weighted by molar-refractivity contribution is -0.132. The van der Waals surface area contributed by atoms with Gasteiger partial charge in [0.15, 0.2) is 0 Å². The van der Waals surface area contributed by atoms with E-state index < -0.39 is 0 Å². The molecule has 1 heterocycles. The summed E-state index contributed by atoms with van der Waals surface area (Å²) in [6.45, 7) is 7.41. The molecule has 2 heteroatoms. The maximum atomic E-state index is 9.78. The molecular formula is C13H26O2. The van der Waals surface area contributed by atoms with Crippen molar-refractivity contribution >= 4 is 0 Å². The van der Waals surface area contributed by atoms with Gasteiger partial charge in [0.05, 0.1) is 11.7 Å². The number of aliphatic hydroxyl groups excluding tert-OH is 1. The summed E-state index contributed by atoms with van der Waals surface area (Å²) < 4.78 is 5.99. The zero-order chi connectivity index (χ0) is 11.3. The Morgan fingerprint density at radius 2 is 2.20 bits per heavy atom. The van der Waals surface area contributed by atoms with Crippen molar-refractivity contribution in [2.75, 3.05) is 6.61 Å². The van der Waals surface area contributed by atoms with Crippen molar-refractivity contribution in [3.05, 3.63) is 0 Å². The zero-order valence-corrected chi connectivity index (χ0v) is 10.5. The van der Waals surface area contributed by atoms with E-state index in [9.17, 15) is 5.11 Å². The smallest absolute Gasteiger partial charge is 0.0709 e. The molecule has 0 aliphatic carbocycles. The van der Waals surface area contributed by atoms with E-state index in [2.05, 4.69) is 20.8 Å². The van der Waals surface area contributed by atoms with Gasteiger partial charge in [-0.3, -0.25) is 0 Å². The Balaban J connectivity index is 2.57. The summed E-state index contributed by atoms with van der Waals surface area (Å²) >= 11 is 0. The van der Waals surface area contributed by atoms with Gasteiger partial charge in [0.25, 0.3) is 0 Å². The normalized spacial score (nSPS) is 32.2. The van der Waals surface area contributed by atoms with Gasteiger partial charge in [-0.1, -0.05) is 33.6 Å². The largest absolute Gasteiger partial charge is 0.393 e. The quantitative estimate of drug-likeness (QED) is 0.762. The molecule has 0 aromatic heterocycles. The van der Waals surface area contributed by atoms with Crippen LogP contribution in [0, 0.1) is 5.92 Å². The molecule has 0 aromatic carbocycles. The van der Waals surface area contributed by atoms with Crippen molar-refractivity contribution in [2.45, 2.75) is 71.0 Å². The predicted octanol–water partition coefficient (Wildman–Crippen LogP) is 3.13. The minimum Gasteiger partial charge on any atom is -0.393 e. The van der Waals surface area contributed by atoms with Crippen molar-refractivity contribution in [1.82, 2.24) is 0 Å². The molecule has 1 fully saturated rings. The monoisotopic (exact) mass is 214 g/mol. The number of hydrogen-bond donors (Lipinski definition) is 1. The maximum Gasteiger partial charge on any atom is 0.0709 e. The molecule has 2 unspecified atom stereocenters. The average molecular weight is 214 g/mol. The molecule has 0 amide bonds. The highest BCUT2D eigenvalue weighted by Gasteiger charge is 2.36. The molecule has 0 aromatic rings. The molecule has 1 N–H and O–H groups in total. The Labute approximate surface area is 94.0 Å². The summed E-state index contributed by atoms with van der Waals surface area (Å²) in [5.41, 5.74) is -0.0259. The number of aliphatic hydroxyl groups is 1. The minimum atomic E-state index is -0.144. The fourth-order valence-electron chi connectivity index (χ4n) is 2.66. The highest BCUT2D eigenvalue weighted by molar-refractivity contribution is 4.87. The lowest BCUT2D eigenvalue weighted by Gasteiger charge is -2.41. The molecule has 1 aliphatic rings. The van der Waals surface area contributed by atoms with Gasteiger partial charge in [-0.25, -0.2) is 0 Å². The van der Waals surface area contributed by atoms with E-state index >= 15 is 0 Å². The highest BCUT2D eigenvalue weighted by atomic mass is 16.5. The standard InChI is InChI=1S/C13H26O2/c1-4-5-7-13(9-11(2)3)10-12(14)6-8-15-13/h11-12,14H,4-10H2,1-3H3. The fraction of sp³-hybridized carbons (Fsp3) is 1.00. The lowest BCUT2D eigenvalue weighted by Crippen LogP contribution is -2.43. The molecule has 0 radical (unpaired) electrons. The fourth-order valence-corrected chi connectivity index (χ4v) is 2.66. The summed E-state index contributed by atoms with van der Waals surface area (Å²) in [5, 5.41) is 9.78. The predicted molar refractivity (Wildman–Crippen MR) is 62.9 cm³/mol. The molecule has 1 saturated heterocycles. The molecule has 0 spiro atoms. The molecule has 90 valence electrons. The molecule has 0 bridgehead atoms. The number of unbranched alkanes of at least 4 members (excludes halogenated alkanes) is 1. The average Bonchev–Trinajstić information content (AvgIpc) is 2.13. The van der Waals surface area contributed by atoms with E-state index in [-0.39, 0.29) is 11.7 Å². The van der Waals surface area contributed by atoms with Crippen LogP contribution in [0.4, 0.5) is 0 Å². The van der Waals surface area contributed by atoms with Crippen LogP contribution in [-0.4, -0.2) is 23.4 Å². The first-order chi connectivity index (χ1) is 7.08. The van der Waals surface area contributed by atoms with Gasteiger partial charge >= 0.3 is 0 Å². The van der Waals surface area contributed by atoms with Crippen LogP contribution in [0.25, 0.3) is 0 Å². The number of rotatable bonds is 5. The third kappa shape index (κ3) is 4.12. The van der Waals surface area contributed by atoms with E-state index in [1.165, 1.54) is 12.8 Å². The summed E-state index contributed by atoms with van der Waals surface area (Å²) in [5.74, 6) is 0.646. The van der Waals surface area contributed by atoms with Crippen molar-refractivity contribution in [3.63, 3.8) is 0 Å². The topological polar surface area (TPSA) is 29.5 Å². The first-order valence-corrected chi connectivity index (χ1v) is 6.40. The molecular weight excluding hydrogens is 188 g/mol. The third-order valence-electron chi connectivity index (χ3n) is 3.23. The van der Waals surface area contributed by atoms with E-state index in [1.807, 2.05) is 0 Å². The Kier molecular flexibility index (Phi) is 5.07. The molecule has 1 aliphatic heterocycles. The van der Waals surface area contributed by atoms with Crippen LogP contribution in [0.15, 0.2) is 0 Å². The Hall–Kier alpha value is -0.0800. The van der Waals surface area contributed by atoms with Gasteiger partial charge in [-0.05, 0) is 25.2 Å². The third-order valence-corrected chi connectivity index (χ3v) is 3.23. The van der Waals surface area contributed by atoms with Crippen LogP contribution in [0.5, 0.6) is 0 Å². The maximum absolute atomic E-state index is 9.78. The lowest BCUT2D eigenvalue weighted by atomic mass is 9.81. The second-order valence-corrected chi connectivity index (χ2v) is 5.38. The van der Waals surface area contributed by atoms with Gasteiger partial charge in [-0.15, -0.1) is 0 Å². The van der Waals surface area contributed by atoms with Crippen LogP contribution in [0.1, 0.15) is 59.3 Å². The van der Waals surface area contributed by atoms with Crippen molar-refractivity contribution in [3.8, 4) is 0 Å². The zero-order valence-electron chi connectivity index (χ0n) is 10.5. The van der Waals surface area contributed by atoms with Crippen molar-refractivity contribution in [2.24, 2.45) is 5.92 Å². The Bertz CT molecular complexity index is 175. The Morgan fingerprint density at radius 3 is 2.73 bits per heavy atom. The van der Waals surface area contributed by atoms with E-state index in [0.29, 0.717) is 5.92 Å². The second kappa shape index (κ2) is 5.86. The van der Waals surface area contributed by atoms with Crippen LogP contribution in [-0.2, 0) is 4.74 Å². The van der Waals surface area contributed by atoms with E-state index in [4.69, 9.17) is 4.74 Å². The summed E-state index contributed by atoms with van der Waals surface area (Å²) in [7, 11) is 0. The molecule has 15 heavy (non-hydrogen) atoms. The summed E-state index contributed by atoms with van der Waals surface area (Å²) in [6.07, 6.45) is 6.12. The molecule has 2 atom stereocenters. The van der Waals surface area contributed by atoms with Crippen LogP contribution in [0.2, 0.25) is 0 Å². The van der Waals surface area contributed by atoms with E-state index in [0.717, 1.165) is 32.3 Å². The van der Waals surface area contributed by atoms with Crippen molar-refractivity contribution in [1.29, 1.82) is 0 Å². The molecule has 2 nitrogen and oxygen atoms in total. The molecule has 0 saturated carbocycles. The highest BCUT2D eigenvalue weighted by Crippen LogP contribution is 2.35. The first kappa shape index (κ1) is 13.0. The van der Waals surface area contributed by atoms with Crippen LogP contribution >= 0.6 is 0 Å². The first-order valence-electron chi connectivity index (χ1n) is 6.40. The van der Waals surface area contributed by atoms with Gasteiger partial charge in [-0.2, -0.15) is 0 Å².